The summed E-state index contributed by atoms with van der Waals surface area (Å²) in [5.41, 5.74) is 1.96. The van der Waals surface area contributed by atoms with Crippen molar-refractivity contribution in [2.75, 3.05) is 18.1 Å². The van der Waals surface area contributed by atoms with Gasteiger partial charge in [0, 0.05) is 6.54 Å². The van der Waals surface area contributed by atoms with Gasteiger partial charge in [-0.1, -0.05) is 35.4 Å². The molecular formula is C25H23ClN2O5. The third-order valence-electron chi connectivity index (χ3n) is 5.70. The highest BCUT2D eigenvalue weighted by atomic mass is 35.5. The van der Waals surface area contributed by atoms with Gasteiger partial charge >= 0.3 is 5.97 Å². The molecule has 8 heteroatoms. The van der Waals surface area contributed by atoms with E-state index in [0.29, 0.717) is 6.54 Å². The molecule has 0 saturated carbocycles. The first-order valence-corrected chi connectivity index (χ1v) is 11.2. The minimum Gasteiger partial charge on any atom is -0.452 e. The maximum atomic E-state index is 12.9. The van der Waals surface area contributed by atoms with E-state index in [1.807, 2.05) is 0 Å². The second-order valence-electron chi connectivity index (χ2n) is 7.94. The number of nitrogens with zero attached hydrogens (tertiary/aromatic N) is 1. The average Bonchev–Trinajstić information content (AvgIpc) is 3.08. The first kappa shape index (κ1) is 22.7. The fourth-order valence-electron chi connectivity index (χ4n) is 3.98. The first-order chi connectivity index (χ1) is 16.0. The summed E-state index contributed by atoms with van der Waals surface area (Å²) in [6.45, 7) is 0.0726. The Hall–Kier alpha value is -3.45. The molecular weight excluding hydrogens is 444 g/mol. The van der Waals surface area contributed by atoms with Gasteiger partial charge in [-0.3, -0.25) is 14.4 Å². The van der Waals surface area contributed by atoms with Gasteiger partial charge < -0.3 is 10.1 Å². The molecule has 33 heavy (non-hydrogen) atoms. The van der Waals surface area contributed by atoms with Crippen LogP contribution in [0.15, 0.2) is 54.1 Å². The summed E-state index contributed by atoms with van der Waals surface area (Å²) in [5.74, 6) is -2.24. The molecule has 4 rings (SSSR count). The number of carbonyl (C=O) groups excluding carboxylic acids is 4. The summed E-state index contributed by atoms with van der Waals surface area (Å²) in [7, 11) is 0. The van der Waals surface area contributed by atoms with Crippen LogP contribution in [-0.2, 0) is 9.53 Å². The minimum absolute atomic E-state index is 0.0797. The fraction of sp³-hybridized carbons (Fsp3) is 0.280. The summed E-state index contributed by atoms with van der Waals surface area (Å²) in [6.07, 6.45) is 7.57. The molecule has 0 aromatic heterocycles. The lowest BCUT2D eigenvalue weighted by molar-refractivity contribution is -0.124. The van der Waals surface area contributed by atoms with E-state index in [4.69, 9.17) is 16.3 Å². The highest BCUT2D eigenvalue weighted by molar-refractivity contribution is 6.39. The summed E-state index contributed by atoms with van der Waals surface area (Å²) in [6, 6.07) is 10.6. The Morgan fingerprint density at radius 1 is 1.03 bits per heavy atom. The minimum atomic E-state index is -0.751. The number of hydrogen-bond acceptors (Lipinski definition) is 5. The number of nitrogens with one attached hydrogen (secondary N) is 1. The van der Waals surface area contributed by atoms with Gasteiger partial charge in [0.1, 0.15) is 0 Å². The van der Waals surface area contributed by atoms with Crippen molar-refractivity contribution in [2.45, 2.75) is 32.1 Å². The molecule has 0 radical (unpaired) electrons. The summed E-state index contributed by atoms with van der Waals surface area (Å²) in [5, 5.41) is 3.01. The van der Waals surface area contributed by atoms with Crippen molar-refractivity contribution >= 4 is 41.0 Å². The molecule has 1 aliphatic heterocycles. The summed E-state index contributed by atoms with van der Waals surface area (Å²) < 4.78 is 5.09. The Kier molecular flexibility index (Phi) is 6.89. The van der Waals surface area contributed by atoms with E-state index in [9.17, 15) is 19.2 Å². The number of carbonyl (C=O) groups is 4. The SMILES string of the molecule is O=C(COC(=O)c1ccc2c(c1)C(=O)N(c1ccccc1Cl)C2=O)NCCC1=CCCCC1. The third-order valence-corrected chi connectivity index (χ3v) is 6.02. The van der Waals surface area contributed by atoms with Gasteiger partial charge in [0.05, 0.1) is 27.4 Å². The van der Waals surface area contributed by atoms with Crippen LogP contribution in [0, 0.1) is 0 Å². The van der Waals surface area contributed by atoms with E-state index in [0.717, 1.165) is 24.2 Å². The summed E-state index contributed by atoms with van der Waals surface area (Å²) >= 11 is 6.15. The van der Waals surface area contributed by atoms with Crippen molar-refractivity contribution in [3.05, 3.63) is 75.8 Å². The zero-order valence-electron chi connectivity index (χ0n) is 17.9. The van der Waals surface area contributed by atoms with Crippen LogP contribution in [0.1, 0.15) is 63.2 Å². The van der Waals surface area contributed by atoms with Gasteiger partial charge in [-0.25, -0.2) is 9.69 Å². The van der Waals surface area contributed by atoms with E-state index in [1.165, 1.54) is 36.6 Å². The highest BCUT2D eigenvalue weighted by Crippen LogP contribution is 2.33. The Labute approximate surface area is 196 Å². The molecule has 7 nitrogen and oxygen atoms in total. The van der Waals surface area contributed by atoms with Crippen LogP contribution in [0.2, 0.25) is 5.02 Å². The average molecular weight is 467 g/mol. The fourth-order valence-corrected chi connectivity index (χ4v) is 4.20. The second-order valence-corrected chi connectivity index (χ2v) is 8.35. The van der Waals surface area contributed by atoms with Gasteiger partial charge in [-0.05, 0) is 62.4 Å². The predicted molar refractivity (Wildman–Crippen MR) is 123 cm³/mol. The van der Waals surface area contributed by atoms with Crippen LogP contribution < -0.4 is 10.2 Å². The quantitative estimate of drug-likeness (QED) is 0.373. The van der Waals surface area contributed by atoms with Crippen LogP contribution >= 0.6 is 11.6 Å². The number of amides is 3. The molecule has 170 valence electrons. The molecule has 0 saturated heterocycles. The molecule has 0 unspecified atom stereocenters. The van der Waals surface area contributed by atoms with Gasteiger partial charge in [-0.2, -0.15) is 0 Å². The first-order valence-electron chi connectivity index (χ1n) is 10.8. The van der Waals surface area contributed by atoms with Crippen molar-refractivity contribution in [1.82, 2.24) is 5.32 Å². The number of benzene rings is 2. The molecule has 2 aliphatic rings. The van der Waals surface area contributed by atoms with Crippen LogP contribution in [0.4, 0.5) is 5.69 Å². The topological polar surface area (TPSA) is 92.8 Å². The van der Waals surface area contributed by atoms with Crippen LogP contribution in [0.25, 0.3) is 0 Å². The zero-order chi connectivity index (χ0) is 23.4. The number of halogens is 1. The van der Waals surface area contributed by atoms with Crippen LogP contribution in [0.3, 0.4) is 0 Å². The van der Waals surface area contributed by atoms with E-state index in [2.05, 4.69) is 11.4 Å². The van der Waals surface area contributed by atoms with Crippen molar-refractivity contribution < 1.29 is 23.9 Å². The molecule has 0 bridgehead atoms. The Bertz CT molecular complexity index is 1160. The second kappa shape index (κ2) is 10.0. The third kappa shape index (κ3) is 4.98. The number of ether oxygens (including phenoxy) is 1. The van der Waals surface area contributed by atoms with Crippen molar-refractivity contribution in [3.8, 4) is 0 Å². The standard InChI is InChI=1S/C25H23ClN2O5/c26-20-8-4-5-9-21(20)28-23(30)18-11-10-17(14-19(18)24(28)31)25(32)33-15-22(29)27-13-12-16-6-2-1-3-7-16/h4-6,8-11,14H,1-3,7,12-13,15H2,(H,27,29). The number of fused-ring (bicyclic) bond motifs is 1. The number of para-hydroxylation sites is 1. The normalized spacial score (nSPS) is 15.2. The van der Waals surface area contributed by atoms with Gasteiger partial charge in [0.2, 0.25) is 0 Å². The molecule has 1 N–H and O–H groups in total. The van der Waals surface area contributed by atoms with Crippen molar-refractivity contribution in [2.24, 2.45) is 0 Å². The lowest BCUT2D eigenvalue weighted by Crippen LogP contribution is -2.30. The number of allylic oxidation sites excluding steroid dienone is 1. The van der Waals surface area contributed by atoms with Crippen LogP contribution in [0.5, 0.6) is 0 Å². The molecule has 3 amide bonds. The van der Waals surface area contributed by atoms with Crippen molar-refractivity contribution in [3.63, 3.8) is 0 Å². The Balaban J connectivity index is 1.35. The lowest BCUT2D eigenvalue weighted by Gasteiger charge is -2.15. The maximum Gasteiger partial charge on any atom is 0.338 e. The number of anilines is 1. The van der Waals surface area contributed by atoms with E-state index in [-0.39, 0.29) is 27.4 Å². The number of rotatable bonds is 7. The highest BCUT2D eigenvalue weighted by Gasteiger charge is 2.38. The zero-order valence-corrected chi connectivity index (χ0v) is 18.7. The molecule has 1 aliphatic carbocycles. The van der Waals surface area contributed by atoms with Gasteiger partial charge in [0.25, 0.3) is 17.7 Å². The molecule has 0 spiro atoms. The number of hydrogen-bond donors (Lipinski definition) is 1. The van der Waals surface area contributed by atoms with E-state index >= 15 is 0 Å². The van der Waals surface area contributed by atoms with Gasteiger partial charge in [0.15, 0.2) is 6.61 Å². The predicted octanol–water partition coefficient (Wildman–Crippen LogP) is 4.30. The molecule has 1 heterocycles. The molecule has 2 aromatic carbocycles. The molecule has 0 atom stereocenters. The molecule has 2 aromatic rings. The lowest BCUT2D eigenvalue weighted by atomic mass is 9.97. The van der Waals surface area contributed by atoms with Crippen LogP contribution in [-0.4, -0.2) is 36.8 Å². The summed E-state index contributed by atoms with van der Waals surface area (Å²) in [4.78, 5) is 51.0. The molecule has 0 fully saturated rings. The van der Waals surface area contributed by atoms with E-state index in [1.54, 1.807) is 24.3 Å². The largest absolute Gasteiger partial charge is 0.452 e. The number of esters is 1. The van der Waals surface area contributed by atoms with E-state index < -0.39 is 30.3 Å². The number of imide groups is 1. The van der Waals surface area contributed by atoms with Gasteiger partial charge in [-0.15, -0.1) is 0 Å². The monoisotopic (exact) mass is 466 g/mol. The maximum absolute atomic E-state index is 12.9. The van der Waals surface area contributed by atoms with Crippen molar-refractivity contribution in [1.29, 1.82) is 0 Å². The smallest absolute Gasteiger partial charge is 0.338 e. The Morgan fingerprint density at radius 2 is 1.82 bits per heavy atom. The Morgan fingerprint density at radius 3 is 2.58 bits per heavy atom.